The highest BCUT2D eigenvalue weighted by Gasteiger charge is 2.08. The van der Waals surface area contributed by atoms with E-state index in [4.69, 9.17) is 40.9 Å². The van der Waals surface area contributed by atoms with E-state index in [9.17, 15) is 4.79 Å². The molecule has 0 aromatic rings. The van der Waals surface area contributed by atoms with Crippen LogP contribution in [0.3, 0.4) is 0 Å². The van der Waals surface area contributed by atoms with Crippen LogP contribution in [0.25, 0.3) is 0 Å². The zero-order chi connectivity index (χ0) is 15.1. The molecule has 0 fully saturated rings. The van der Waals surface area contributed by atoms with Crippen LogP contribution in [0.15, 0.2) is 12.7 Å². The summed E-state index contributed by atoms with van der Waals surface area (Å²) in [5.41, 5.74) is 0. The number of aliphatic hydroxyl groups is 2. The molecule has 0 aliphatic carbocycles. The first kappa shape index (κ1) is 20.9. The van der Waals surface area contributed by atoms with Crippen molar-refractivity contribution in [1.29, 1.82) is 0 Å². The van der Waals surface area contributed by atoms with Crippen LogP contribution < -0.4 is 0 Å². The molecule has 0 amide bonds. The predicted octanol–water partition coefficient (Wildman–Crippen LogP) is -1.63. The van der Waals surface area contributed by atoms with E-state index in [0.29, 0.717) is 0 Å². The lowest BCUT2D eigenvalue weighted by atomic mass is 10.4. The van der Waals surface area contributed by atoms with Crippen molar-refractivity contribution in [2.24, 2.45) is 0 Å². The van der Waals surface area contributed by atoms with Gasteiger partial charge in [0.2, 0.25) is 0 Å². The van der Waals surface area contributed by atoms with Crippen LogP contribution in [0.2, 0.25) is 0 Å². The number of ether oxygens (including phenoxy) is 1. The lowest BCUT2D eigenvalue weighted by molar-refractivity contribution is -0.742. The molecule has 0 aromatic heterocycles. The Hall–Kier alpha value is -2.47. The van der Waals surface area contributed by atoms with Crippen molar-refractivity contribution in [3.05, 3.63) is 32.9 Å². The Kier molecular flexibility index (Phi) is 16.9. The molecule has 4 N–H and O–H groups in total. The summed E-state index contributed by atoms with van der Waals surface area (Å²) < 4.78 is 4.44. The van der Waals surface area contributed by atoms with Crippen LogP contribution >= 0.6 is 0 Å². The van der Waals surface area contributed by atoms with Gasteiger partial charge in [-0.1, -0.05) is 6.58 Å². The number of rotatable bonds is 4. The van der Waals surface area contributed by atoms with Crippen LogP contribution in [-0.4, -0.2) is 56.1 Å². The number of hydrogen-bond donors (Lipinski definition) is 4. The molecule has 0 saturated carbocycles. The van der Waals surface area contributed by atoms with Gasteiger partial charge in [-0.2, -0.15) is 0 Å². The maximum atomic E-state index is 10.4. The predicted molar refractivity (Wildman–Crippen MR) is 51.8 cm³/mol. The fourth-order valence-electron chi connectivity index (χ4n) is 0.345. The van der Waals surface area contributed by atoms with Gasteiger partial charge in [0.25, 0.3) is 10.2 Å². The Bertz CT molecular complexity index is 243. The Balaban J connectivity index is -0.000000233. The van der Waals surface area contributed by atoms with E-state index in [1.54, 1.807) is 0 Å². The molecule has 0 radical (unpaired) electrons. The van der Waals surface area contributed by atoms with Crippen molar-refractivity contribution in [3.8, 4) is 0 Å². The van der Waals surface area contributed by atoms with Crippen LogP contribution in [0.4, 0.5) is 0 Å². The first-order chi connectivity index (χ1) is 8.20. The highest BCUT2D eigenvalue weighted by molar-refractivity contribution is 5.81. The minimum absolute atomic E-state index is 0.379. The monoisotopic (exact) mass is 272 g/mol. The van der Waals surface area contributed by atoms with Crippen LogP contribution in [-0.2, 0) is 9.53 Å². The summed E-state index contributed by atoms with van der Waals surface area (Å²) in [7, 11) is 0. The van der Waals surface area contributed by atoms with Crippen LogP contribution in [0.1, 0.15) is 0 Å². The van der Waals surface area contributed by atoms with Crippen molar-refractivity contribution in [2.75, 3.05) is 13.2 Å². The van der Waals surface area contributed by atoms with Gasteiger partial charge in [-0.25, -0.2) is 4.79 Å². The summed E-state index contributed by atoms with van der Waals surface area (Å²) in [6, 6.07) is 0. The van der Waals surface area contributed by atoms with Crippen molar-refractivity contribution >= 4 is 5.97 Å². The molecule has 0 aliphatic rings. The van der Waals surface area contributed by atoms with E-state index in [2.05, 4.69) is 11.3 Å². The Labute approximate surface area is 99.6 Å². The quantitative estimate of drug-likeness (QED) is 0.200. The number of nitrogens with zero attached hydrogens (tertiary/aromatic N) is 2. The minimum atomic E-state index is -1.50. The van der Waals surface area contributed by atoms with Gasteiger partial charge in [-0.3, -0.25) is 0 Å². The van der Waals surface area contributed by atoms with Gasteiger partial charge in [-0.15, -0.1) is 20.2 Å². The normalized spacial score (nSPS) is 7.94. The smallest absolute Gasteiger partial charge is 0.330 e. The average molecular weight is 272 g/mol. The van der Waals surface area contributed by atoms with Gasteiger partial charge in [0.15, 0.2) is 0 Å². The van der Waals surface area contributed by atoms with Crippen LogP contribution in [0.5, 0.6) is 0 Å². The first-order valence-electron chi connectivity index (χ1n) is 3.92. The molecule has 0 spiro atoms. The third-order valence-electron chi connectivity index (χ3n) is 0.857. The standard InChI is InChI=1S/C6H10O4.2HNO3/c1-2-6(9)10-5(3-7)4-8;2*2-1(3)4/h2,5,7-8H,1,3-4H2;2*(H,2,3,4). The molecule has 12 nitrogen and oxygen atoms in total. The summed E-state index contributed by atoms with van der Waals surface area (Å²) >= 11 is 0. The SMILES string of the molecule is C=CC(=O)OC(CO)CO.O=[N+]([O-])O.O=[N+]([O-])O. The maximum absolute atomic E-state index is 10.4. The first-order valence-corrected chi connectivity index (χ1v) is 3.92. The van der Waals surface area contributed by atoms with Crippen molar-refractivity contribution in [2.45, 2.75) is 6.10 Å². The lowest BCUT2D eigenvalue weighted by Gasteiger charge is -2.09. The molecule has 106 valence electrons. The van der Waals surface area contributed by atoms with Gasteiger partial charge in [0.05, 0.1) is 13.2 Å². The van der Waals surface area contributed by atoms with Gasteiger partial charge >= 0.3 is 5.97 Å². The number of aliphatic hydroxyl groups excluding tert-OH is 2. The third kappa shape index (κ3) is 37.5. The fraction of sp³-hybridized carbons (Fsp3) is 0.500. The van der Waals surface area contributed by atoms with E-state index in [1.165, 1.54) is 0 Å². The zero-order valence-corrected chi connectivity index (χ0v) is 8.91. The maximum Gasteiger partial charge on any atom is 0.330 e. The van der Waals surface area contributed by atoms with Gasteiger partial charge < -0.3 is 25.4 Å². The van der Waals surface area contributed by atoms with Gasteiger partial charge in [0, 0.05) is 6.08 Å². The van der Waals surface area contributed by atoms with Crippen molar-refractivity contribution in [1.82, 2.24) is 0 Å². The van der Waals surface area contributed by atoms with E-state index in [1.807, 2.05) is 0 Å². The Morgan fingerprint density at radius 3 is 1.67 bits per heavy atom. The minimum Gasteiger partial charge on any atom is -0.454 e. The molecule has 0 atom stereocenters. The molecule has 0 aromatic carbocycles. The lowest BCUT2D eigenvalue weighted by Crippen LogP contribution is -2.24. The second-order valence-electron chi connectivity index (χ2n) is 2.10. The number of carbonyl (C=O) groups is 1. The second-order valence-corrected chi connectivity index (χ2v) is 2.10. The van der Waals surface area contributed by atoms with Crippen molar-refractivity contribution in [3.63, 3.8) is 0 Å². The van der Waals surface area contributed by atoms with Gasteiger partial charge in [0.1, 0.15) is 6.10 Å². The summed E-state index contributed by atoms with van der Waals surface area (Å²) in [6.07, 6.45) is 0.142. The molecule has 0 rings (SSSR count). The highest BCUT2D eigenvalue weighted by atomic mass is 16.9. The average Bonchev–Trinajstić information content (AvgIpc) is 2.23. The topological polar surface area (TPSA) is 194 Å². The molecule has 12 heteroatoms. The third-order valence-corrected chi connectivity index (χ3v) is 0.857. The largest absolute Gasteiger partial charge is 0.454 e. The number of esters is 1. The molecule has 0 saturated heterocycles. The summed E-state index contributed by atoms with van der Waals surface area (Å²) in [6.45, 7) is 2.39. The Morgan fingerprint density at radius 1 is 1.22 bits per heavy atom. The zero-order valence-electron chi connectivity index (χ0n) is 8.91. The molecule has 0 unspecified atom stereocenters. The summed E-state index contributed by atoms with van der Waals surface area (Å²) in [4.78, 5) is 27.1. The van der Waals surface area contributed by atoms with E-state index in [0.717, 1.165) is 6.08 Å². The molecular formula is C6H12N2O10. The van der Waals surface area contributed by atoms with E-state index in [-0.39, 0.29) is 13.2 Å². The summed E-state index contributed by atoms with van der Waals surface area (Å²) in [5.74, 6) is -0.645. The molecule has 18 heavy (non-hydrogen) atoms. The van der Waals surface area contributed by atoms with E-state index < -0.39 is 22.2 Å². The van der Waals surface area contributed by atoms with Crippen molar-refractivity contribution < 1.29 is 40.3 Å². The number of hydrogen-bond acceptors (Lipinski definition) is 8. The molecule has 0 bridgehead atoms. The molecular weight excluding hydrogens is 260 g/mol. The van der Waals surface area contributed by atoms with Gasteiger partial charge in [-0.05, 0) is 0 Å². The highest BCUT2D eigenvalue weighted by Crippen LogP contribution is 1.90. The second kappa shape index (κ2) is 14.5. The number of carbonyl (C=O) groups excluding carboxylic acids is 1. The Morgan fingerprint density at radius 2 is 1.50 bits per heavy atom. The van der Waals surface area contributed by atoms with Crippen LogP contribution in [0, 0.1) is 20.2 Å². The summed E-state index contributed by atoms with van der Waals surface area (Å²) in [5, 5.41) is 44.1. The van der Waals surface area contributed by atoms with E-state index >= 15 is 0 Å². The molecule has 0 aliphatic heterocycles. The molecule has 0 heterocycles. The fourth-order valence-corrected chi connectivity index (χ4v) is 0.345.